The summed E-state index contributed by atoms with van der Waals surface area (Å²) in [5.74, 6) is -0.438. The molecule has 0 aromatic rings. The Morgan fingerprint density at radius 1 is 1.08 bits per heavy atom. The minimum Gasteiger partial charge on any atom is -0.289 e. The predicted octanol–water partition coefficient (Wildman–Crippen LogP) is 0.289. The van der Waals surface area contributed by atoms with Crippen LogP contribution < -0.4 is 0 Å². The molecule has 4 nitrogen and oxygen atoms in total. The maximum atomic E-state index is 11.0. The highest BCUT2D eigenvalue weighted by molar-refractivity contribution is 5.93. The van der Waals surface area contributed by atoms with Gasteiger partial charge < -0.3 is 0 Å². The zero-order valence-electron chi connectivity index (χ0n) is 8.29. The van der Waals surface area contributed by atoms with Crippen LogP contribution in [0.5, 0.6) is 0 Å². The zero-order valence-corrected chi connectivity index (χ0v) is 8.29. The van der Waals surface area contributed by atoms with Gasteiger partial charge in [0, 0.05) is 13.8 Å². The molecule has 1 unspecified atom stereocenters. The smallest absolute Gasteiger partial charge is 0.227 e. The van der Waals surface area contributed by atoms with Crippen molar-refractivity contribution in [3.63, 3.8) is 0 Å². The van der Waals surface area contributed by atoms with Gasteiger partial charge in [-0.05, 0) is 21.0 Å². The SMILES string of the molecule is CC(=O)N(C(C)=O)C(C)N(C)C. The molecule has 0 saturated carbocycles. The molecule has 0 aliphatic carbocycles. The first-order valence-electron chi connectivity index (χ1n) is 3.84. The lowest BCUT2D eigenvalue weighted by molar-refractivity contribution is -0.147. The molecule has 0 heterocycles. The molecule has 0 saturated heterocycles. The predicted molar refractivity (Wildman–Crippen MR) is 46.4 cm³/mol. The molecule has 0 bridgehead atoms. The van der Waals surface area contributed by atoms with Crippen LogP contribution in [0.25, 0.3) is 0 Å². The summed E-state index contributed by atoms with van der Waals surface area (Å²) in [6.07, 6.45) is -0.181. The average molecular weight is 172 g/mol. The van der Waals surface area contributed by atoms with E-state index in [-0.39, 0.29) is 18.0 Å². The molecule has 0 radical (unpaired) electrons. The van der Waals surface area contributed by atoms with Crippen molar-refractivity contribution < 1.29 is 9.59 Å². The van der Waals surface area contributed by atoms with Gasteiger partial charge in [0.05, 0.1) is 6.17 Å². The summed E-state index contributed by atoms with van der Waals surface area (Å²) in [4.78, 5) is 25.0. The highest BCUT2D eigenvalue weighted by Crippen LogP contribution is 2.02. The number of hydrogen-bond acceptors (Lipinski definition) is 3. The topological polar surface area (TPSA) is 40.6 Å². The Hall–Kier alpha value is -0.900. The third-order valence-corrected chi connectivity index (χ3v) is 1.80. The quantitative estimate of drug-likeness (QED) is 0.562. The highest BCUT2D eigenvalue weighted by atomic mass is 16.2. The number of imide groups is 1. The average Bonchev–Trinajstić information content (AvgIpc) is 1.85. The Bertz CT molecular complexity index is 175. The standard InChI is InChI=1S/C8H16N2O2/c1-6(9(4)5)10(7(2)11)8(3)12/h6H,1-5H3. The van der Waals surface area contributed by atoms with Crippen molar-refractivity contribution >= 4 is 11.8 Å². The normalized spacial score (nSPS) is 12.8. The largest absolute Gasteiger partial charge is 0.289 e. The van der Waals surface area contributed by atoms with Crippen molar-refractivity contribution in [3.05, 3.63) is 0 Å². The lowest BCUT2D eigenvalue weighted by Crippen LogP contribution is -2.47. The second kappa shape index (κ2) is 4.21. The van der Waals surface area contributed by atoms with Gasteiger partial charge in [0.1, 0.15) is 0 Å². The number of nitrogens with zero attached hydrogens (tertiary/aromatic N) is 2. The molecule has 4 heteroatoms. The van der Waals surface area contributed by atoms with Gasteiger partial charge >= 0.3 is 0 Å². The van der Waals surface area contributed by atoms with E-state index >= 15 is 0 Å². The Labute approximate surface area is 73.1 Å². The number of amides is 2. The first-order chi connectivity index (χ1) is 5.37. The lowest BCUT2D eigenvalue weighted by Gasteiger charge is -2.29. The molecule has 0 fully saturated rings. The van der Waals surface area contributed by atoms with Crippen molar-refractivity contribution in [2.75, 3.05) is 14.1 Å². The summed E-state index contributed by atoms with van der Waals surface area (Å²) in [5.41, 5.74) is 0. The fraction of sp³-hybridized carbons (Fsp3) is 0.750. The summed E-state index contributed by atoms with van der Waals surface area (Å²) < 4.78 is 0. The summed E-state index contributed by atoms with van der Waals surface area (Å²) >= 11 is 0. The van der Waals surface area contributed by atoms with Gasteiger partial charge in [0.25, 0.3) is 0 Å². The summed E-state index contributed by atoms with van der Waals surface area (Å²) in [7, 11) is 3.65. The zero-order chi connectivity index (χ0) is 9.89. The maximum Gasteiger partial charge on any atom is 0.227 e. The maximum absolute atomic E-state index is 11.0. The van der Waals surface area contributed by atoms with Crippen LogP contribution in [0.1, 0.15) is 20.8 Å². The molecule has 70 valence electrons. The van der Waals surface area contributed by atoms with Crippen LogP contribution in [0.3, 0.4) is 0 Å². The fourth-order valence-electron chi connectivity index (χ4n) is 0.979. The van der Waals surface area contributed by atoms with Crippen molar-refractivity contribution in [2.45, 2.75) is 26.9 Å². The van der Waals surface area contributed by atoms with E-state index in [9.17, 15) is 9.59 Å². The molecule has 0 aliphatic rings. The van der Waals surface area contributed by atoms with Crippen LogP contribution in [0, 0.1) is 0 Å². The van der Waals surface area contributed by atoms with Crippen LogP contribution in [0.4, 0.5) is 0 Å². The molecule has 0 spiro atoms. The molecule has 0 N–H and O–H groups in total. The molecular formula is C8H16N2O2. The van der Waals surface area contributed by atoms with Crippen LogP contribution in [0.2, 0.25) is 0 Å². The van der Waals surface area contributed by atoms with E-state index in [1.807, 2.05) is 25.9 Å². The van der Waals surface area contributed by atoms with E-state index in [2.05, 4.69) is 0 Å². The number of hydrogen-bond donors (Lipinski definition) is 0. The summed E-state index contributed by atoms with van der Waals surface area (Å²) in [6.45, 7) is 4.59. The molecule has 0 aromatic heterocycles. The third kappa shape index (κ3) is 2.62. The van der Waals surface area contributed by atoms with Crippen LogP contribution in [-0.2, 0) is 9.59 Å². The summed E-state index contributed by atoms with van der Waals surface area (Å²) in [5, 5.41) is 0. The fourth-order valence-corrected chi connectivity index (χ4v) is 0.979. The Morgan fingerprint density at radius 3 is 1.50 bits per heavy atom. The Balaban J connectivity index is 4.52. The Kier molecular flexibility index (Phi) is 3.89. The lowest BCUT2D eigenvalue weighted by atomic mass is 10.4. The summed E-state index contributed by atoms with van der Waals surface area (Å²) in [6, 6.07) is 0. The molecule has 0 rings (SSSR count). The van der Waals surface area contributed by atoms with Crippen molar-refractivity contribution in [1.29, 1.82) is 0 Å². The van der Waals surface area contributed by atoms with Gasteiger partial charge in [0.2, 0.25) is 11.8 Å². The van der Waals surface area contributed by atoms with Gasteiger partial charge in [-0.3, -0.25) is 19.4 Å². The van der Waals surface area contributed by atoms with E-state index in [1.165, 1.54) is 18.7 Å². The monoisotopic (exact) mass is 172 g/mol. The highest BCUT2D eigenvalue weighted by Gasteiger charge is 2.21. The van der Waals surface area contributed by atoms with E-state index in [0.29, 0.717) is 0 Å². The Morgan fingerprint density at radius 2 is 1.42 bits per heavy atom. The van der Waals surface area contributed by atoms with Crippen LogP contribution in [-0.4, -0.2) is 41.9 Å². The minimum absolute atomic E-state index is 0.181. The van der Waals surface area contributed by atoms with E-state index in [4.69, 9.17) is 0 Å². The first kappa shape index (κ1) is 11.1. The van der Waals surface area contributed by atoms with E-state index in [0.717, 1.165) is 0 Å². The third-order valence-electron chi connectivity index (χ3n) is 1.80. The van der Waals surface area contributed by atoms with Crippen molar-refractivity contribution in [1.82, 2.24) is 9.80 Å². The van der Waals surface area contributed by atoms with Crippen molar-refractivity contribution in [2.24, 2.45) is 0 Å². The van der Waals surface area contributed by atoms with Gasteiger partial charge in [-0.1, -0.05) is 0 Å². The van der Waals surface area contributed by atoms with Gasteiger partial charge in [0.15, 0.2) is 0 Å². The number of rotatable bonds is 2. The first-order valence-corrected chi connectivity index (χ1v) is 3.84. The number of carbonyl (C=O) groups excluding carboxylic acids is 2. The minimum atomic E-state index is -0.219. The second-order valence-corrected chi connectivity index (χ2v) is 3.00. The molecule has 1 atom stereocenters. The van der Waals surface area contributed by atoms with Crippen LogP contribution >= 0.6 is 0 Å². The molecule has 0 aliphatic heterocycles. The van der Waals surface area contributed by atoms with Crippen LogP contribution in [0.15, 0.2) is 0 Å². The second-order valence-electron chi connectivity index (χ2n) is 3.00. The van der Waals surface area contributed by atoms with Crippen molar-refractivity contribution in [3.8, 4) is 0 Å². The molecule has 12 heavy (non-hydrogen) atoms. The van der Waals surface area contributed by atoms with Gasteiger partial charge in [-0.25, -0.2) is 0 Å². The molecule has 2 amide bonds. The van der Waals surface area contributed by atoms with Gasteiger partial charge in [-0.15, -0.1) is 0 Å². The molecular weight excluding hydrogens is 156 g/mol. The van der Waals surface area contributed by atoms with E-state index in [1.54, 1.807) is 0 Å². The van der Waals surface area contributed by atoms with Gasteiger partial charge in [-0.2, -0.15) is 0 Å². The number of carbonyl (C=O) groups is 2. The molecule has 0 aromatic carbocycles. The van der Waals surface area contributed by atoms with E-state index < -0.39 is 0 Å².